The molecule has 0 aromatic heterocycles. The first-order valence-electron chi connectivity index (χ1n) is 13.1. The lowest BCUT2D eigenvalue weighted by Gasteiger charge is -2.27. The Morgan fingerprint density at radius 3 is 2.19 bits per heavy atom. The van der Waals surface area contributed by atoms with Crippen molar-refractivity contribution in [3.8, 4) is 17.2 Å². The molecule has 11 nitrogen and oxygen atoms in total. The molecule has 0 aliphatic rings. The van der Waals surface area contributed by atoms with Crippen LogP contribution in [0.2, 0.25) is 0 Å². The summed E-state index contributed by atoms with van der Waals surface area (Å²) in [6, 6.07) is 27.0. The van der Waals surface area contributed by atoms with Crippen LogP contribution in [0.15, 0.2) is 97.1 Å². The molecule has 43 heavy (non-hydrogen) atoms. The van der Waals surface area contributed by atoms with Gasteiger partial charge in [-0.25, -0.2) is 0 Å². The molecular formula is C32H26N4O7. The maximum Gasteiger partial charge on any atom is 0.311 e. The van der Waals surface area contributed by atoms with Crippen LogP contribution >= 0.6 is 0 Å². The number of methoxy groups -OCH3 is 1. The van der Waals surface area contributed by atoms with E-state index in [1.54, 1.807) is 24.3 Å². The van der Waals surface area contributed by atoms with E-state index in [-0.39, 0.29) is 17.5 Å². The number of carbonyl (C=O) groups excluding carboxylic acids is 2. The van der Waals surface area contributed by atoms with Crippen LogP contribution in [-0.4, -0.2) is 34.9 Å². The summed E-state index contributed by atoms with van der Waals surface area (Å²) < 4.78 is 5.11. The molecule has 1 amide bonds. The Labute approximate surface area is 246 Å². The van der Waals surface area contributed by atoms with Crippen LogP contribution in [0.4, 0.5) is 11.4 Å². The molecule has 4 rings (SSSR count). The molecule has 0 fully saturated rings. The van der Waals surface area contributed by atoms with Crippen molar-refractivity contribution < 1.29 is 24.2 Å². The van der Waals surface area contributed by atoms with Gasteiger partial charge >= 0.3 is 5.97 Å². The summed E-state index contributed by atoms with van der Waals surface area (Å²) >= 11 is 0. The van der Waals surface area contributed by atoms with Crippen molar-refractivity contribution in [2.45, 2.75) is 18.9 Å². The van der Waals surface area contributed by atoms with Crippen LogP contribution in [0.5, 0.6) is 0 Å². The largest absolute Gasteiger partial charge is 0.469 e. The summed E-state index contributed by atoms with van der Waals surface area (Å²) in [6.07, 6.45) is 0.528. The summed E-state index contributed by atoms with van der Waals surface area (Å²) in [5.74, 6) is -1.79. The number of nitriles is 1. The molecule has 2 atom stereocenters. The minimum absolute atomic E-state index is 0.162. The highest BCUT2D eigenvalue weighted by Gasteiger charge is 2.31. The van der Waals surface area contributed by atoms with Gasteiger partial charge in [-0.05, 0) is 59.9 Å². The molecular weight excluding hydrogens is 552 g/mol. The highest BCUT2D eigenvalue weighted by molar-refractivity contribution is 5.95. The number of hydrogen-bond donors (Lipinski definition) is 1. The highest BCUT2D eigenvalue weighted by atomic mass is 16.6. The van der Waals surface area contributed by atoms with Crippen molar-refractivity contribution in [1.82, 2.24) is 5.32 Å². The van der Waals surface area contributed by atoms with Crippen LogP contribution in [0.3, 0.4) is 0 Å². The van der Waals surface area contributed by atoms with E-state index in [0.717, 1.165) is 17.2 Å². The van der Waals surface area contributed by atoms with Gasteiger partial charge in [-0.1, -0.05) is 54.6 Å². The van der Waals surface area contributed by atoms with Gasteiger partial charge in [-0.2, -0.15) is 5.26 Å². The van der Waals surface area contributed by atoms with Crippen LogP contribution in [0, 0.1) is 37.5 Å². The van der Waals surface area contributed by atoms with E-state index in [4.69, 9.17) is 4.74 Å². The first-order valence-corrected chi connectivity index (χ1v) is 13.1. The first-order chi connectivity index (χ1) is 20.7. The lowest BCUT2D eigenvalue weighted by atomic mass is 9.87. The van der Waals surface area contributed by atoms with Crippen molar-refractivity contribution in [2.24, 2.45) is 5.92 Å². The second kappa shape index (κ2) is 13.6. The topological polar surface area (TPSA) is 165 Å². The van der Waals surface area contributed by atoms with Gasteiger partial charge in [-0.3, -0.25) is 29.8 Å². The van der Waals surface area contributed by atoms with E-state index in [1.165, 1.54) is 43.5 Å². The molecule has 0 radical (unpaired) electrons. The Hall–Kier alpha value is -5.89. The van der Waals surface area contributed by atoms with E-state index in [0.29, 0.717) is 17.5 Å². The Morgan fingerprint density at radius 1 is 0.860 bits per heavy atom. The Morgan fingerprint density at radius 2 is 1.56 bits per heavy atom. The number of benzene rings is 4. The number of nitrogens with one attached hydrogen (secondary N) is 1. The SMILES string of the molecule is COC(=O)C(Cc1cccc(C#N)c1)C(Cc1ccccc1)NC(=O)c1ccc(-c2ccc([N+](=O)[O-])cc2[N+](=O)[O-])cc1. The molecule has 4 aromatic rings. The van der Waals surface area contributed by atoms with Gasteiger partial charge in [0.05, 0.1) is 46.1 Å². The third-order valence-corrected chi connectivity index (χ3v) is 6.96. The van der Waals surface area contributed by atoms with Gasteiger partial charge in [-0.15, -0.1) is 0 Å². The fourth-order valence-electron chi connectivity index (χ4n) is 4.81. The zero-order valence-electron chi connectivity index (χ0n) is 23.0. The van der Waals surface area contributed by atoms with Gasteiger partial charge in [0.25, 0.3) is 17.3 Å². The van der Waals surface area contributed by atoms with E-state index >= 15 is 0 Å². The van der Waals surface area contributed by atoms with E-state index < -0.39 is 45.1 Å². The summed E-state index contributed by atoms with van der Waals surface area (Å²) in [6.45, 7) is 0. The molecule has 0 heterocycles. The van der Waals surface area contributed by atoms with E-state index in [1.807, 2.05) is 30.3 Å². The number of amides is 1. The Balaban J connectivity index is 1.63. The fraction of sp³-hybridized carbons (Fsp3) is 0.156. The third kappa shape index (κ3) is 7.45. The molecule has 0 saturated heterocycles. The number of esters is 1. The fourth-order valence-corrected chi connectivity index (χ4v) is 4.81. The maximum atomic E-state index is 13.5. The molecule has 4 aromatic carbocycles. The van der Waals surface area contributed by atoms with Gasteiger partial charge in [0.15, 0.2) is 0 Å². The lowest BCUT2D eigenvalue weighted by molar-refractivity contribution is -0.393. The minimum Gasteiger partial charge on any atom is -0.469 e. The number of carbonyl (C=O) groups is 2. The molecule has 0 bridgehead atoms. The molecule has 0 spiro atoms. The number of nitro groups is 2. The maximum absolute atomic E-state index is 13.5. The molecule has 0 aliphatic carbocycles. The molecule has 0 saturated carbocycles. The zero-order valence-corrected chi connectivity index (χ0v) is 23.0. The highest BCUT2D eigenvalue weighted by Crippen LogP contribution is 2.33. The second-order valence-electron chi connectivity index (χ2n) is 9.71. The third-order valence-electron chi connectivity index (χ3n) is 6.96. The first kappa shape index (κ1) is 30.1. The predicted molar refractivity (Wildman–Crippen MR) is 157 cm³/mol. The summed E-state index contributed by atoms with van der Waals surface area (Å²) in [7, 11) is 1.28. The summed E-state index contributed by atoms with van der Waals surface area (Å²) in [4.78, 5) is 47.8. The molecule has 11 heteroatoms. The van der Waals surface area contributed by atoms with Crippen molar-refractivity contribution in [1.29, 1.82) is 5.26 Å². The zero-order chi connectivity index (χ0) is 30.9. The van der Waals surface area contributed by atoms with Gasteiger partial charge < -0.3 is 10.1 Å². The predicted octanol–water partition coefficient (Wildman–Crippen LogP) is 5.41. The van der Waals surface area contributed by atoms with Gasteiger partial charge in [0, 0.05) is 17.7 Å². The smallest absolute Gasteiger partial charge is 0.311 e. The van der Waals surface area contributed by atoms with Crippen molar-refractivity contribution in [3.05, 3.63) is 140 Å². The lowest BCUT2D eigenvalue weighted by Crippen LogP contribution is -2.46. The average molecular weight is 579 g/mol. The summed E-state index contributed by atoms with van der Waals surface area (Å²) in [5.41, 5.74) is 2.01. The number of hydrogen-bond acceptors (Lipinski definition) is 8. The quantitative estimate of drug-likeness (QED) is 0.140. The van der Waals surface area contributed by atoms with Crippen molar-refractivity contribution >= 4 is 23.3 Å². The van der Waals surface area contributed by atoms with Gasteiger partial charge in [0.2, 0.25) is 0 Å². The molecule has 2 unspecified atom stereocenters. The number of non-ortho nitro benzene ring substituents is 1. The normalized spacial score (nSPS) is 11.9. The van der Waals surface area contributed by atoms with E-state index in [2.05, 4.69) is 11.4 Å². The van der Waals surface area contributed by atoms with Crippen molar-refractivity contribution in [3.63, 3.8) is 0 Å². The number of nitrogens with zero attached hydrogens (tertiary/aromatic N) is 3. The Bertz CT molecular complexity index is 1700. The molecule has 1 N–H and O–H groups in total. The number of ether oxygens (including phenoxy) is 1. The van der Waals surface area contributed by atoms with Crippen molar-refractivity contribution in [2.75, 3.05) is 7.11 Å². The molecule has 0 aliphatic heterocycles. The number of rotatable bonds is 11. The van der Waals surface area contributed by atoms with Crippen LogP contribution in [0.1, 0.15) is 27.0 Å². The molecule has 216 valence electrons. The van der Waals surface area contributed by atoms with Crippen LogP contribution in [0.25, 0.3) is 11.1 Å². The van der Waals surface area contributed by atoms with Crippen LogP contribution in [-0.2, 0) is 22.4 Å². The summed E-state index contributed by atoms with van der Waals surface area (Å²) in [5, 5.41) is 35.0. The standard InChI is InChI=1S/C32H26N4O7/c1-43-32(38)28(17-22-8-5-9-23(16-22)20-33)29(18-21-6-3-2-4-7-21)34-31(37)25-12-10-24(11-13-25)27-15-14-26(35(39)40)19-30(27)36(41)42/h2-16,19,28-29H,17-18H2,1H3,(H,34,37). The Kier molecular flexibility index (Phi) is 9.55. The monoisotopic (exact) mass is 578 g/mol. The minimum atomic E-state index is -0.787. The average Bonchev–Trinajstić information content (AvgIpc) is 3.03. The second-order valence-corrected chi connectivity index (χ2v) is 9.71. The van der Waals surface area contributed by atoms with Crippen LogP contribution < -0.4 is 5.32 Å². The van der Waals surface area contributed by atoms with Gasteiger partial charge in [0.1, 0.15) is 0 Å². The number of nitro benzene ring substituents is 2. The van der Waals surface area contributed by atoms with E-state index in [9.17, 15) is 35.1 Å².